The van der Waals surface area contributed by atoms with Gasteiger partial charge in [0.05, 0.1) is 10.9 Å². The third-order valence-corrected chi connectivity index (χ3v) is 6.50. The summed E-state index contributed by atoms with van der Waals surface area (Å²) in [5, 5.41) is 4.27. The van der Waals surface area contributed by atoms with Crippen molar-refractivity contribution >= 4 is 29.3 Å². The number of anilines is 1. The van der Waals surface area contributed by atoms with Gasteiger partial charge in [-0.25, -0.2) is 14.4 Å². The Morgan fingerprint density at radius 3 is 2.61 bits per heavy atom. The van der Waals surface area contributed by atoms with E-state index in [9.17, 15) is 4.39 Å². The van der Waals surface area contributed by atoms with Crippen LogP contribution < -0.4 is 5.32 Å². The normalized spacial score (nSPS) is 28.2. The van der Waals surface area contributed by atoms with Gasteiger partial charge in [0.1, 0.15) is 5.82 Å². The molecule has 1 N–H and O–H groups in total. The fourth-order valence-electron chi connectivity index (χ4n) is 1.81. The van der Waals surface area contributed by atoms with Gasteiger partial charge in [0.15, 0.2) is 11.6 Å². The number of hydrogen-bond donors (Lipinski definition) is 1. The molecule has 1 aliphatic heterocycles. The highest BCUT2D eigenvalue weighted by Crippen LogP contribution is 2.43. The van der Waals surface area contributed by atoms with Gasteiger partial charge < -0.3 is 5.32 Å². The van der Waals surface area contributed by atoms with Crippen LogP contribution in [0.3, 0.4) is 0 Å². The number of nitrogens with zero attached hydrogens (tertiary/aromatic N) is 2. The molecule has 100 valence electrons. The zero-order chi connectivity index (χ0) is 13.3. The van der Waals surface area contributed by atoms with E-state index in [0.29, 0.717) is 22.0 Å². The number of aromatic nitrogens is 2. The first-order chi connectivity index (χ1) is 8.52. The highest BCUT2D eigenvalue weighted by molar-refractivity contribution is 8.07. The van der Waals surface area contributed by atoms with Gasteiger partial charge in [-0.1, -0.05) is 13.8 Å². The van der Waals surface area contributed by atoms with Crippen LogP contribution in [0, 0.1) is 12.7 Å². The average molecular weight is 287 g/mol. The smallest absolute Gasteiger partial charge is 0.186 e. The predicted octanol–water partition coefficient (Wildman–Crippen LogP) is 3.26. The van der Waals surface area contributed by atoms with Crippen molar-refractivity contribution in [2.45, 2.75) is 36.5 Å². The Balaban J connectivity index is 2.26. The molecule has 18 heavy (non-hydrogen) atoms. The van der Waals surface area contributed by atoms with Crippen LogP contribution in [0.1, 0.15) is 30.6 Å². The average Bonchev–Trinajstić information content (AvgIpc) is 2.36. The quantitative estimate of drug-likeness (QED) is 0.903. The van der Waals surface area contributed by atoms with Gasteiger partial charge in [-0.05, 0) is 6.92 Å². The Morgan fingerprint density at radius 2 is 2.00 bits per heavy atom. The summed E-state index contributed by atoms with van der Waals surface area (Å²) >= 11 is 3.82. The molecule has 2 heterocycles. The molecule has 1 saturated heterocycles. The van der Waals surface area contributed by atoms with Crippen LogP contribution in [0.2, 0.25) is 0 Å². The zero-order valence-corrected chi connectivity index (χ0v) is 12.7. The Morgan fingerprint density at radius 1 is 1.28 bits per heavy atom. The third kappa shape index (κ3) is 2.74. The van der Waals surface area contributed by atoms with Gasteiger partial charge in [-0.15, -0.1) is 11.8 Å². The maximum Gasteiger partial charge on any atom is 0.186 e. The standard InChI is InChI=1S/C12H18FN3S2/c1-6-10(13)12(14-4)16-11(15-6)9-5-17-7(2)8(3)18-9/h7-9H,5H2,1-4H3,(H,14,15,16). The molecule has 0 saturated carbocycles. The molecule has 1 aliphatic rings. The summed E-state index contributed by atoms with van der Waals surface area (Å²) in [5.41, 5.74) is 0.418. The van der Waals surface area contributed by atoms with E-state index >= 15 is 0 Å². The van der Waals surface area contributed by atoms with E-state index in [4.69, 9.17) is 0 Å². The Bertz CT molecular complexity index is 442. The first-order valence-corrected chi connectivity index (χ1v) is 8.01. The first-order valence-electron chi connectivity index (χ1n) is 6.01. The molecule has 6 heteroatoms. The highest BCUT2D eigenvalue weighted by Gasteiger charge is 2.29. The summed E-state index contributed by atoms with van der Waals surface area (Å²) in [7, 11) is 1.68. The van der Waals surface area contributed by atoms with Crippen molar-refractivity contribution in [1.29, 1.82) is 0 Å². The van der Waals surface area contributed by atoms with Crippen molar-refractivity contribution in [1.82, 2.24) is 9.97 Å². The molecule has 1 aromatic heterocycles. The van der Waals surface area contributed by atoms with Crippen molar-refractivity contribution in [3.63, 3.8) is 0 Å². The van der Waals surface area contributed by atoms with Crippen LogP contribution in [0.15, 0.2) is 0 Å². The Hall–Kier alpha value is -0.490. The van der Waals surface area contributed by atoms with Crippen LogP contribution in [0.25, 0.3) is 0 Å². The number of aryl methyl sites for hydroxylation is 1. The predicted molar refractivity (Wildman–Crippen MR) is 78.0 cm³/mol. The van der Waals surface area contributed by atoms with Crippen LogP contribution in [-0.2, 0) is 0 Å². The number of hydrogen-bond acceptors (Lipinski definition) is 5. The van der Waals surface area contributed by atoms with Gasteiger partial charge in [-0.2, -0.15) is 11.8 Å². The second-order valence-electron chi connectivity index (χ2n) is 4.45. The van der Waals surface area contributed by atoms with E-state index in [2.05, 4.69) is 29.1 Å². The number of nitrogens with one attached hydrogen (secondary N) is 1. The zero-order valence-electron chi connectivity index (χ0n) is 11.0. The molecule has 3 unspecified atom stereocenters. The molecule has 0 bridgehead atoms. The van der Waals surface area contributed by atoms with E-state index in [-0.39, 0.29) is 11.1 Å². The molecule has 1 aromatic rings. The van der Waals surface area contributed by atoms with Crippen LogP contribution in [0.5, 0.6) is 0 Å². The summed E-state index contributed by atoms with van der Waals surface area (Å²) in [4.78, 5) is 8.61. The van der Waals surface area contributed by atoms with Crippen molar-refractivity contribution < 1.29 is 4.39 Å². The lowest BCUT2D eigenvalue weighted by molar-refractivity contribution is 0.601. The molecule has 0 radical (unpaired) electrons. The summed E-state index contributed by atoms with van der Waals surface area (Å²) in [5.74, 6) is 1.68. The van der Waals surface area contributed by atoms with Gasteiger partial charge in [0.2, 0.25) is 0 Å². The fourth-order valence-corrected chi connectivity index (χ4v) is 4.65. The Labute approximate surface area is 116 Å². The molecule has 0 spiro atoms. The third-order valence-electron chi connectivity index (χ3n) is 3.11. The lowest BCUT2D eigenvalue weighted by Gasteiger charge is -2.30. The summed E-state index contributed by atoms with van der Waals surface area (Å²) in [6, 6.07) is 0. The van der Waals surface area contributed by atoms with E-state index in [1.54, 1.807) is 14.0 Å². The van der Waals surface area contributed by atoms with Crippen molar-refractivity contribution in [2.75, 3.05) is 18.1 Å². The van der Waals surface area contributed by atoms with Crippen molar-refractivity contribution in [2.24, 2.45) is 0 Å². The summed E-state index contributed by atoms with van der Waals surface area (Å²) in [6.45, 7) is 6.16. The van der Waals surface area contributed by atoms with Gasteiger partial charge in [0, 0.05) is 23.3 Å². The fraction of sp³-hybridized carbons (Fsp3) is 0.667. The van der Waals surface area contributed by atoms with E-state index < -0.39 is 0 Å². The van der Waals surface area contributed by atoms with Crippen molar-refractivity contribution in [3.8, 4) is 0 Å². The second-order valence-corrected chi connectivity index (χ2v) is 7.44. The first kappa shape index (κ1) is 13.9. The van der Waals surface area contributed by atoms with Gasteiger partial charge in [0.25, 0.3) is 0 Å². The minimum atomic E-state index is -0.351. The monoisotopic (exact) mass is 287 g/mol. The number of rotatable bonds is 2. The number of halogens is 1. The molecular weight excluding hydrogens is 269 g/mol. The summed E-state index contributed by atoms with van der Waals surface area (Å²) in [6.07, 6.45) is 0. The number of thioether (sulfide) groups is 2. The van der Waals surface area contributed by atoms with E-state index in [0.717, 1.165) is 11.6 Å². The molecule has 0 aliphatic carbocycles. The van der Waals surface area contributed by atoms with Crippen LogP contribution >= 0.6 is 23.5 Å². The minimum Gasteiger partial charge on any atom is -0.371 e. The van der Waals surface area contributed by atoms with Crippen molar-refractivity contribution in [3.05, 3.63) is 17.3 Å². The second kappa shape index (κ2) is 5.65. The maximum atomic E-state index is 13.7. The van der Waals surface area contributed by atoms with Gasteiger partial charge in [-0.3, -0.25) is 0 Å². The largest absolute Gasteiger partial charge is 0.371 e. The Kier molecular flexibility index (Phi) is 4.37. The SMILES string of the molecule is CNc1nc(C2CSC(C)C(C)S2)nc(C)c1F. The van der Waals surface area contributed by atoms with E-state index in [1.165, 1.54) is 0 Å². The molecule has 2 rings (SSSR count). The minimum absolute atomic E-state index is 0.257. The highest BCUT2D eigenvalue weighted by atomic mass is 32.2. The van der Waals surface area contributed by atoms with E-state index in [1.807, 2.05) is 23.5 Å². The molecule has 0 aromatic carbocycles. The summed E-state index contributed by atoms with van der Waals surface area (Å²) < 4.78 is 13.7. The molecular formula is C12H18FN3S2. The lowest BCUT2D eigenvalue weighted by atomic mass is 10.3. The maximum absolute atomic E-state index is 13.7. The molecule has 3 atom stereocenters. The molecule has 3 nitrogen and oxygen atoms in total. The van der Waals surface area contributed by atoms with Gasteiger partial charge >= 0.3 is 0 Å². The van der Waals surface area contributed by atoms with Crippen LogP contribution in [0.4, 0.5) is 10.2 Å². The molecule has 1 fully saturated rings. The topological polar surface area (TPSA) is 37.8 Å². The molecule has 0 amide bonds. The van der Waals surface area contributed by atoms with Crippen LogP contribution in [-0.4, -0.2) is 33.3 Å². The lowest BCUT2D eigenvalue weighted by Crippen LogP contribution is -2.23.